The molecule has 1 fully saturated rings. The van der Waals surface area contributed by atoms with Crippen LogP contribution in [-0.2, 0) is 16.3 Å². The number of imidazole rings is 1. The summed E-state index contributed by atoms with van der Waals surface area (Å²) in [6.45, 7) is 3.54. The summed E-state index contributed by atoms with van der Waals surface area (Å²) in [5.41, 5.74) is 0.00143. The number of hydrogen-bond donors (Lipinski definition) is 2. The van der Waals surface area contributed by atoms with E-state index < -0.39 is 21.9 Å². The Hall–Kier alpha value is -2.53. The molecule has 1 saturated heterocycles. The normalized spacial score (nSPS) is 20.9. The van der Waals surface area contributed by atoms with Crippen molar-refractivity contribution in [2.45, 2.75) is 25.6 Å². The van der Waals surface area contributed by atoms with E-state index in [4.69, 9.17) is 0 Å². The third-order valence-corrected chi connectivity index (χ3v) is 6.17. The lowest BCUT2D eigenvalue weighted by molar-refractivity contribution is -0.137. The molecule has 2 unspecified atom stereocenters. The number of nitrogens with one attached hydrogen (secondary N) is 1. The van der Waals surface area contributed by atoms with Crippen molar-refractivity contribution in [3.63, 3.8) is 0 Å². The molecule has 3 aromatic heterocycles. The van der Waals surface area contributed by atoms with Gasteiger partial charge >= 0.3 is 6.18 Å². The summed E-state index contributed by atoms with van der Waals surface area (Å²) < 4.78 is 56.3. The van der Waals surface area contributed by atoms with Gasteiger partial charge in [0.1, 0.15) is 17.2 Å². The maximum absolute atomic E-state index is 13.2. The Morgan fingerprint density at radius 2 is 1.94 bits per heavy atom. The maximum Gasteiger partial charge on any atom is 0.417 e. The fraction of sp³-hybridized carbons (Fsp3) is 0.450. The van der Waals surface area contributed by atoms with Crippen molar-refractivity contribution >= 4 is 21.6 Å². The highest BCUT2D eigenvalue weighted by Crippen LogP contribution is 2.31. The first-order chi connectivity index (χ1) is 14.5. The highest BCUT2D eigenvalue weighted by atomic mass is 32.3. The summed E-state index contributed by atoms with van der Waals surface area (Å²) in [7, 11) is -2.39. The molecule has 0 bridgehead atoms. The van der Waals surface area contributed by atoms with Crippen LogP contribution in [0.25, 0.3) is 17.2 Å². The van der Waals surface area contributed by atoms with E-state index >= 15 is 0 Å². The van der Waals surface area contributed by atoms with E-state index in [-0.39, 0.29) is 6.04 Å². The number of halogens is 3. The Morgan fingerprint density at radius 1 is 1.16 bits per heavy atom. The standard InChI is InChI=1S/C20H25F3N6OS/c1-13-8-15(27-31(2,3)30)12-28(10-13)18-6-7-24-19(26-18)16-9-25-17-5-4-14(11-29(16)17)20(21,22)23/h4-7,9,11,13,15,31H,8,10,12H2,1-3H3,(H,27,30). The molecule has 4 heterocycles. The van der Waals surface area contributed by atoms with Crippen LogP contribution < -0.4 is 9.62 Å². The number of fused-ring (bicyclic) bond motifs is 1. The van der Waals surface area contributed by atoms with Gasteiger partial charge in [-0.15, -0.1) is 0 Å². The molecule has 7 nitrogen and oxygen atoms in total. The zero-order valence-electron chi connectivity index (χ0n) is 17.5. The van der Waals surface area contributed by atoms with Gasteiger partial charge in [0, 0.05) is 44.0 Å². The third kappa shape index (κ3) is 4.87. The molecule has 3 aromatic rings. The monoisotopic (exact) mass is 454 g/mol. The van der Waals surface area contributed by atoms with Crippen LogP contribution in [0.15, 0.2) is 36.8 Å². The number of aromatic nitrogens is 4. The van der Waals surface area contributed by atoms with Crippen LogP contribution in [0.4, 0.5) is 19.0 Å². The molecule has 1 aliphatic rings. The van der Waals surface area contributed by atoms with Crippen molar-refractivity contribution < 1.29 is 17.4 Å². The smallest absolute Gasteiger partial charge is 0.355 e. The molecule has 1 aliphatic heterocycles. The van der Waals surface area contributed by atoms with Crippen LogP contribution >= 0.6 is 0 Å². The molecule has 0 aromatic carbocycles. The fourth-order valence-corrected chi connectivity index (χ4v) is 5.10. The number of nitrogens with zero attached hydrogens (tertiary/aromatic N) is 5. The molecule has 2 atom stereocenters. The van der Waals surface area contributed by atoms with Gasteiger partial charge in [-0.05, 0) is 30.5 Å². The van der Waals surface area contributed by atoms with Gasteiger partial charge in [-0.2, -0.15) is 13.2 Å². The number of pyridine rings is 1. The van der Waals surface area contributed by atoms with Gasteiger partial charge in [0.15, 0.2) is 5.82 Å². The predicted octanol–water partition coefficient (Wildman–Crippen LogP) is 2.81. The van der Waals surface area contributed by atoms with Gasteiger partial charge < -0.3 is 4.90 Å². The van der Waals surface area contributed by atoms with Crippen molar-refractivity contribution in [2.24, 2.45) is 5.92 Å². The van der Waals surface area contributed by atoms with E-state index in [1.54, 1.807) is 24.8 Å². The molecule has 168 valence electrons. The lowest BCUT2D eigenvalue weighted by Gasteiger charge is -2.39. The summed E-state index contributed by atoms with van der Waals surface area (Å²) in [5.74, 6) is 1.33. The fourth-order valence-electron chi connectivity index (χ4n) is 4.03. The first-order valence-electron chi connectivity index (χ1n) is 9.95. The van der Waals surface area contributed by atoms with Crippen molar-refractivity contribution in [1.82, 2.24) is 24.1 Å². The van der Waals surface area contributed by atoms with E-state index in [1.807, 2.05) is 0 Å². The molecular weight excluding hydrogens is 429 g/mol. The predicted molar refractivity (Wildman–Crippen MR) is 116 cm³/mol. The Balaban J connectivity index is 1.66. The molecule has 0 saturated carbocycles. The van der Waals surface area contributed by atoms with Gasteiger partial charge in [-0.3, -0.25) is 13.3 Å². The second kappa shape index (κ2) is 7.86. The van der Waals surface area contributed by atoms with E-state index in [2.05, 4.69) is 31.5 Å². The Bertz CT molecular complexity index is 1140. The van der Waals surface area contributed by atoms with Crippen LogP contribution in [0, 0.1) is 5.92 Å². The Morgan fingerprint density at radius 3 is 2.65 bits per heavy atom. The molecule has 0 aliphatic carbocycles. The highest BCUT2D eigenvalue weighted by molar-refractivity contribution is 7.99. The van der Waals surface area contributed by atoms with Crippen molar-refractivity contribution in [3.8, 4) is 11.5 Å². The van der Waals surface area contributed by atoms with Gasteiger partial charge in [0.2, 0.25) is 0 Å². The van der Waals surface area contributed by atoms with Crippen molar-refractivity contribution in [3.05, 3.63) is 42.4 Å². The topological polar surface area (TPSA) is 75.4 Å². The summed E-state index contributed by atoms with van der Waals surface area (Å²) in [6.07, 6.45) is 3.95. The van der Waals surface area contributed by atoms with Gasteiger partial charge in [-0.25, -0.2) is 15.0 Å². The van der Waals surface area contributed by atoms with Crippen molar-refractivity contribution in [1.29, 1.82) is 0 Å². The highest BCUT2D eigenvalue weighted by Gasteiger charge is 2.31. The summed E-state index contributed by atoms with van der Waals surface area (Å²) in [6, 6.07) is 4.17. The van der Waals surface area contributed by atoms with E-state index in [0.29, 0.717) is 35.4 Å². The Labute approximate surface area is 179 Å². The minimum Gasteiger partial charge on any atom is -0.355 e. The number of alkyl halides is 3. The van der Waals surface area contributed by atoms with Crippen LogP contribution in [-0.4, -0.2) is 55.2 Å². The van der Waals surface area contributed by atoms with Gasteiger partial charge in [-0.1, -0.05) is 17.0 Å². The number of anilines is 1. The average Bonchev–Trinajstić information content (AvgIpc) is 3.09. The SMILES string of the molecule is CC1CC(N[SH](C)(C)=O)CN(c2ccnc(-c3cnc4ccc(C(F)(F)F)cn34)n2)C1. The lowest BCUT2D eigenvalue weighted by Crippen LogP contribution is -2.51. The Kier molecular flexibility index (Phi) is 5.50. The van der Waals surface area contributed by atoms with E-state index in [9.17, 15) is 17.4 Å². The van der Waals surface area contributed by atoms with Crippen LogP contribution in [0.1, 0.15) is 18.9 Å². The quantitative estimate of drug-likeness (QED) is 0.593. The lowest BCUT2D eigenvalue weighted by atomic mass is 9.96. The van der Waals surface area contributed by atoms with Gasteiger partial charge in [0.25, 0.3) is 0 Å². The number of hydrogen-bond acceptors (Lipinski definition) is 5. The number of piperidine rings is 1. The van der Waals surface area contributed by atoms with Crippen LogP contribution in [0.3, 0.4) is 0 Å². The summed E-state index contributed by atoms with van der Waals surface area (Å²) in [4.78, 5) is 15.2. The van der Waals surface area contributed by atoms with Crippen LogP contribution in [0.2, 0.25) is 0 Å². The minimum absolute atomic E-state index is 0.0631. The molecule has 0 amide bonds. The molecule has 31 heavy (non-hydrogen) atoms. The van der Waals surface area contributed by atoms with E-state index in [1.165, 1.54) is 16.7 Å². The molecule has 0 spiro atoms. The van der Waals surface area contributed by atoms with Crippen molar-refractivity contribution in [2.75, 3.05) is 30.5 Å². The average molecular weight is 455 g/mol. The molecular formula is C20H25F3N6OS. The zero-order chi connectivity index (χ0) is 22.4. The largest absolute Gasteiger partial charge is 0.417 e. The summed E-state index contributed by atoms with van der Waals surface area (Å²) in [5, 5.41) is 0. The first-order valence-corrected chi connectivity index (χ1v) is 12.6. The van der Waals surface area contributed by atoms with Gasteiger partial charge in [0.05, 0.1) is 11.8 Å². The van der Waals surface area contributed by atoms with E-state index in [0.717, 1.165) is 25.2 Å². The maximum atomic E-state index is 13.2. The second-order valence-electron chi connectivity index (χ2n) is 8.45. The third-order valence-electron chi connectivity index (χ3n) is 5.18. The first kappa shape index (κ1) is 21.7. The molecule has 0 radical (unpaired) electrons. The minimum atomic E-state index is -4.46. The second-order valence-corrected chi connectivity index (χ2v) is 11.4. The summed E-state index contributed by atoms with van der Waals surface area (Å²) >= 11 is 0. The molecule has 4 rings (SSSR count). The molecule has 1 N–H and O–H groups in total. The number of thiol groups is 1. The van der Waals surface area contributed by atoms with Crippen LogP contribution in [0.5, 0.6) is 0 Å². The number of rotatable bonds is 4. The zero-order valence-corrected chi connectivity index (χ0v) is 18.4. The molecule has 11 heteroatoms.